The van der Waals surface area contributed by atoms with E-state index in [4.69, 9.17) is 21.1 Å². The maximum absolute atomic E-state index is 11.5. The first-order valence-corrected chi connectivity index (χ1v) is 11.4. The third kappa shape index (κ3) is 5.50. The maximum Gasteiger partial charge on any atom is 0.220 e. The van der Waals surface area contributed by atoms with Gasteiger partial charge in [0.05, 0.1) is 13.7 Å². The molecule has 1 aromatic heterocycles. The average molecular weight is 528 g/mol. The van der Waals surface area contributed by atoms with E-state index < -0.39 is 5.25 Å². The van der Waals surface area contributed by atoms with E-state index in [9.17, 15) is 10.1 Å². The fraction of sp³-hybridized carbons (Fsp3) is 0.300. The zero-order chi connectivity index (χ0) is 22.5. The van der Waals surface area contributed by atoms with Gasteiger partial charge in [-0.3, -0.25) is 14.7 Å². The summed E-state index contributed by atoms with van der Waals surface area (Å²) in [5.41, 5.74) is 1.52. The quantitative estimate of drug-likeness (QED) is 0.206. The Morgan fingerprint density at radius 1 is 1.26 bits per heavy atom. The van der Waals surface area contributed by atoms with E-state index in [-0.39, 0.29) is 11.5 Å². The molecule has 0 N–H and O–H groups in total. The highest BCUT2D eigenvalue weighted by Crippen LogP contribution is 2.43. The number of hydrogen-bond donors (Lipinski definition) is 0. The van der Waals surface area contributed by atoms with E-state index in [0.717, 1.165) is 5.69 Å². The molecule has 0 aliphatic rings. The third-order valence-corrected chi connectivity index (χ3v) is 6.47. The van der Waals surface area contributed by atoms with Crippen LogP contribution in [-0.2, 0) is 0 Å². The van der Waals surface area contributed by atoms with Crippen LogP contribution in [0.5, 0.6) is 11.5 Å². The number of rotatable bonds is 9. The molecule has 8 nitrogen and oxygen atoms in total. The van der Waals surface area contributed by atoms with E-state index >= 15 is 0 Å². The number of nitro groups is 1. The van der Waals surface area contributed by atoms with E-state index in [1.807, 2.05) is 30.5 Å². The molecule has 0 radical (unpaired) electrons. The zero-order valence-electron chi connectivity index (χ0n) is 17.0. The SMILES string of the molecule is CCOc1cc(Br)c([C@H](C[N+](=O)[O-])Sc2nnc(C)n2-c2ccc(Cl)cc2)cc1OC. The van der Waals surface area contributed by atoms with Crippen LogP contribution >= 0.6 is 39.3 Å². The normalized spacial score (nSPS) is 11.9. The summed E-state index contributed by atoms with van der Waals surface area (Å²) in [7, 11) is 1.53. The number of benzene rings is 2. The predicted molar refractivity (Wildman–Crippen MR) is 123 cm³/mol. The van der Waals surface area contributed by atoms with E-state index in [0.29, 0.717) is 44.1 Å². The smallest absolute Gasteiger partial charge is 0.220 e. The molecule has 164 valence electrons. The minimum Gasteiger partial charge on any atom is -0.493 e. The number of thioether (sulfide) groups is 1. The van der Waals surface area contributed by atoms with Gasteiger partial charge >= 0.3 is 0 Å². The molecule has 3 aromatic rings. The molecule has 0 bridgehead atoms. The molecular weight excluding hydrogens is 508 g/mol. The van der Waals surface area contributed by atoms with Gasteiger partial charge in [0.2, 0.25) is 6.54 Å². The molecule has 0 aliphatic heterocycles. The molecule has 1 atom stereocenters. The lowest BCUT2D eigenvalue weighted by molar-refractivity contribution is -0.479. The van der Waals surface area contributed by atoms with Gasteiger partial charge in [-0.05, 0) is 55.8 Å². The van der Waals surface area contributed by atoms with Gasteiger partial charge < -0.3 is 9.47 Å². The van der Waals surface area contributed by atoms with Crippen LogP contribution in [0.25, 0.3) is 5.69 Å². The van der Waals surface area contributed by atoms with Gasteiger partial charge in [0.25, 0.3) is 0 Å². The Morgan fingerprint density at radius 2 is 1.97 bits per heavy atom. The second-order valence-corrected chi connectivity index (χ2v) is 8.88. The summed E-state index contributed by atoms with van der Waals surface area (Å²) in [6.07, 6.45) is 0. The van der Waals surface area contributed by atoms with Gasteiger partial charge in [-0.1, -0.05) is 39.3 Å². The van der Waals surface area contributed by atoms with Crippen molar-refractivity contribution in [1.82, 2.24) is 14.8 Å². The second-order valence-electron chi connectivity index (χ2n) is 6.42. The predicted octanol–water partition coefficient (Wildman–Crippen LogP) is 5.51. The van der Waals surface area contributed by atoms with Crippen molar-refractivity contribution in [2.24, 2.45) is 0 Å². The third-order valence-electron chi connectivity index (χ3n) is 4.37. The van der Waals surface area contributed by atoms with Crippen molar-refractivity contribution in [3.63, 3.8) is 0 Å². The summed E-state index contributed by atoms with van der Waals surface area (Å²) >= 11 is 10.8. The molecule has 0 saturated carbocycles. The molecule has 1 heterocycles. The summed E-state index contributed by atoms with van der Waals surface area (Å²) in [4.78, 5) is 11.1. The van der Waals surface area contributed by atoms with E-state index in [1.54, 1.807) is 24.3 Å². The standard InChI is InChI=1S/C20H20BrClN4O4S/c1-4-30-18-10-16(21)15(9-17(18)29-3)19(11-25(27)28)31-20-24-23-12(2)26(20)14-7-5-13(22)6-8-14/h5-10,19H,4,11H2,1-3H3/t19-/m0/s1. The monoisotopic (exact) mass is 526 g/mol. The van der Waals surface area contributed by atoms with Crippen LogP contribution in [0.4, 0.5) is 0 Å². The number of halogens is 2. The fourth-order valence-electron chi connectivity index (χ4n) is 2.99. The van der Waals surface area contributed by atoms with Gasteiger partial charge in [0, 0.05) is 20.1 Å². The Kier molecular flexibility index (Phi) is 7.79. The van der Waals surface area contributed by atoms with Crippen LogP contribution < -0.4 is 9.47 Å². The summed E-state index contributed by atoms with van der Waals surface area (Å²) in [6, 6.07) is 10.8. The number of methoxy groups -OCH3 is 1. The Bertz CT molecular complexity index is 1080. The molecular formula is C20H20BrClN4O4S. The maximum atomic E-state index is 11.5. The summed E-state index contributed by atoms with van der Waals surface area (Å²) in [5, 5.41) is 20.5. The molecule has 2 aromatic carbocycles. The highest BCUT2D eigenvalue weighted by atomic mass is 79.9. The Morgan fingerprint density at radius 3 is 2.58 bits per heavy atom. The Hall–Kier alpha value is -2.30. The summed E-state index contributed by atoms with van der Waals surface area (Å²) < 4.78 is 13.6. The van der Waals surface area contributed by atoms with Crippen molar-refractivity contribution in [1.29, 1.82) is 0 Å². The highest BCUT2D eigenvalue weighted by molar-refractivity contribution is 9.10. The first-order chi connectivity index (χ1) is 14.8. The lowest BCUT2D eigenvalue weighted by Gasteiger charge is -2.18. The van der Waals surface area contributed by atoms with Crippen LogP contribution in [0.3, 0.4) is 0 Å². The van der Waals surface area contributed by atoms with Crippen LogP contribution in [0, 0.1) is 17.0 Å². The van der Waals surface area contributed by atoms with Crippen LogP contribution in [0.1, 0.15) is 23.6 Å². The number of hydrogen-bond acceptors (Lipinski definition) is 7. The van der Waals surface area contributed by atoms with Gasteiger partial charge in [0.1, 0.15) is 11.1 Å². The summed E-state index contributed by atoms with van der Waals surface area (Å²) in [6.45, 7) is 3.86. The Balaban J connectivity index is 2.03. The number of aromatic nitrogens is 3. The first kappa shape index (κ1) is 23.4. The van der Waals surface area contributed by atoms with Crippen molar-refractivity contribution >= 4 is 39.3 Å². The van der Waals surface area contributed by atoms with Crippen molar-refractivity contribution < 1.29 is 14.4 Å². The van der Waals surface area contributed by atoms with Gasteiger partial charge in [0.15, 0.2) is 16.7 Å². The minimum atomic E-state index is -0.552. The highest BCUT2D eigenvalue weighted by Gasteiger charge is 2.27. The van der Waals surface area contributed by atoms with Gasteiger partial charge in [-0.15, -0.1) is 10.2 Å². The molecule has 3 rings (SSSR count). The lowest BCUT2D eigenvalue weighted by atomic mass is 10.1. The molecule has 0 fully saturated rings. The molecule has 31 heavy (non-hydrogen) atoms. The van der Waals surface area contributed by atoms with Crippen molar-refractivity contribution in [2.45, 2.75) is 24.3 Å². The fourth-order valence-corrected chi connectivity index (χ4v) is 5.07. The average Bonchev–Trinajstić information content (AvgIpc) is 3.08. The van der Waals surface area contributed by atoms with Crippen LogP contribution in [0.2, 0.25) is 5.02 Å². The first-order valence-electron chi connectivity index (χ1n) is 9.30. The summed E-state index contributed by atoms with van der Waals surface area (Å²) in [5.74, 6) is 1.73. The number of aryl methyl sites for hydroxylation is 1. The van der Waals surface area contributed by atoms with Crippen molar-refractivity contribution in [3.8, 4) is 17.2 Å². The number of nitrogens with zero attached hydrogens (tertiary/aromatic N) is 4. The molecule has 0 spiro atoms. The van der Waals surface area contributed by atoms with Gasteiger partial charge in [-0.25, -0.2) is 0 Å². The Labute approximate surface area is 197 Å². The van der Waals surface area contributed by atoms with E-state index in [1.165, 1.54) is 18.9 Å². The van der Waals surface area contributed by atoms with E-state index in [2.05, 4.69) is 26.1 Å². The molecule has 11 heteroatoms. The van der Waals surface area contributed by atoms with Crippen molar-refractivity contribution in [2.75, 3.05) is 20.3 Å². The van der Waals surface area contributed by atoms with Gasteiger partial charge in [-0.2, -0.15) is 0 Å². The molecule has 0 amide bonds. The van der Waals surface area contributed by atoms with Crippen molar-refractivity contribution in [3.05, 3.63) is 67.4 Å². The minimum absolute atomic E-state index is 0.313. The molecule has 0 saturated heterocycles. The van der Waals surface area contributed by atoms with Crippen LogP contribution in [-0.4, -0.2) is 39.9 Å². The largest absolute Gasteiger partial charge is 0.493 e. The molecule has 0 unspecified atom stereocenters. The molecule has 0 aliphatic carbocycles. The lowest BCUT2D eigenvalue weighted by Crippen LogP contribution is -2.12. The zero-order valence-corrected chi connectivity index (χ0v) is 20.2. The second kappa shape index (κ2) is 10.3. The van der Waals surface area contributed by atoms with Crippen LogP contribution in [0.15, 0.2) is 46.0 Å². The topological polar surface area (TPSA) is 92.3 Å². The number of ether oxygens (including phenoxy) is 2.